The summed E-state index contributed by atoms with van der Waals surface area (Å²) >= 11 is 0. The van der Waals surface area contributed by atoms with E-state index in [1.807, 2.05) is 43.3 Å². The average Bonchev–Trinajstić information content (AvgIpc) is 2.68. The molecule has 1 N–H and O–H groups in total. The number of carbonyl (C=O) groups excluding carboxylic acids is 2. The lowest BCUT2D eigenvalue weighted by atomic mass is 9.88. The van der Waals surface area contributed by atoms with E-state index in [1.165, 1.54) is 0 Å². The number of anilines is 2. The van der Waals surface area contributed by atoms with Gasteiger partial charge in [-0.25, -0.2) is 0 Å². The van der Waals surface area contributed by atoms with Crippen LogP contribution in [0.3, 0.4) is 0 Å². The molecule has 5 heteroatoms. The van der Waals surface area contributed by atoms with Crippen molar-refractivity contribution < 1.29 is 14.3 Å². The van der Waals surface area contributed by atoms with Crippen LogP contribution in [0.1, 0.15) is 32.8 Å². The average molecular weight is 366 g/mol. The van der Waals surface area contributed by atoms with E-state index >= 15 is 0 Å². The van der Waals surface area contributed by atoms with E-state index in [4.69, 9.17) is 4.74 Å². The molecule has 1 heterocycles. The predicted molar refractivity (Wildman–Crippen MR) is 107 cm³/mol. The molecule has 0 saturated carbocycles. The zero-order valence-electron chi connectivity index (χ0n) is 16.1. The third-order valence-electron chi connectivity index (χ3n) is 4.89. The van der Waals surface area contributed by atoms with E-state index in [2.05, 4.69) is 5.32 Å². The van der Waals surface area contributed by atoms with Gasteiger partial charge in [0.1, 0.15) is 11.2 Å². The highest BCUT2D eigenvalue weighted by Crippen LogP contribution is 2.32. The smallest absolute Gasteiger partial charge is 0.242 e. The second-order valence-electron chi connectivity index (χ2n) is 7.20. The lowest BCUT2D eigenvalue weighted by molar-refractivity contribution is -0.136. The number of carbonyl (C=O) groups is 2. The Balaban J connectivity index is 1.82. The van der Waals surface area contributed by atoms with Gasteiger partial charge >= 0.3 is 0 Å². The second-order valence-corrected chi connectivity index (χ2v) is 7.20. The standard InChI is InChI=1S/C22H26N2O3/c1-4-27-19-14-8-6-12-17(19)23-20(25)22(2,3)21(26)24-15-9-11-16-10-5-7-13-18(16)24/h5-8,10,12-14H,4,9,11,15H2,1-3H3,(H,23,25). The molecule has 0 spiro atoms. The first-order valence-corrected chi connectivity index (χ1v) is 9.38. The summed E-state index contributed by atoms with van der Waals surface area (Å²) in [5.41, 5.74) is 1.42. The van der Waals surface area contributed by atoms with Gasteiger partial charge in [-0.15, -0.1) is 0 Å². The van der Waals surface area contributed by atoms with E-state index in [1.54, 1.807) is 30.9 Å². The first-order valence-electron chi connectivity index (χ1n) is 9.38. The number of hydrogen-bond donors (Lipinski definition) is 1. The maximum Gasteiger partial charge on any atom is 0.242 e. The molecular weight excluding hydrogens is 340 g/mol. The Hall–Kier alpha value is -2.82. The van der Waals surface area contributed by atoms with Crippen molar-refractivity contribution in [2.24, 2.45) is 5.41 Å². The summed E-state index contributed by atoms with van der Waals surface area (Å²) < 4.78 is 5.56. The molecule has 0 bridgehead atoms. The zero-order chi connectivity index (χ0) is 19.4. The van der Waals surface area contributed by atoms with E-state index in [0.29, 0.717) is 24.6 Å². The molecule has 2 amide bonds. The molecule has 0 radical (unpaired) electrons. The molecule has 0 unspecified atom stereocenters. The Morgan fingerprint density at radius 1 is 1.11 bits per heavy atom. The van der Waals surface area contributed by atoms with Crippen molar-refractivity contribution in [2.45, 2.75) is 33.6 Å². The molecule has 2 aromatic carbocycles. The largest absolute Gasteiger partial charge is 0.492 e. The van der Waals surface area contributed by atoms with E-state index < -0.39 is 5.41 Å². The number of rotatable bonds is 5. The number of ether oxygens (including phenoxy) is 1. The van der Waals surface area contributed by atoms with Gasteiger partial charge in [0.15, 0.2) is 0 Å². The lowest BCUT2D eigenvalue weighted by Gasteiger charge is -2.35. The summed E-state index contributed by atoms with van der Waals surface area (Å²) in [5, 5.41) is 2.87. The van der Waals surface area contributed by atoms with Crippen LogP contribution < -0.4 is 15.0 Å². The number of nitrogens with zero attached hydrogens (tertiary/aromatic N) is 1. The predicted octanol–water partition coefficient (Wildman–Crippen LogP) is 4.03. The minimum atomic E-state index is -1.20. The van der Waals surface area contributed by atoms with Crippen LogP contribution in [-0.2, 0) is 16.0 Å². The van der Waals surface area contributed by atoms with Crippen LogP contribution >= 0.6 is 0 Å². The first-order chi connectivity index (χ1) is 12.9. The summed E-state index contributed by atoms with van der Waals surface area (Å²) in [7, 11) is 0. The number of fused-ring (bicyclic) bond motifs is 1. The van der Waals surface area contributed by atoms with Gasteiger partial charge in [0, 0.05) is 12.2 Å². The van der Waals surface area contributed by atoms with Crippen LogP contribution in [0.25, 0.3) is 0 Å². The molecule has 0 aliphatic carbocycles. The van der Waals surface area contributed by atoms with Crippen molar-refractivity contribution in [2.75, 3.05) is 23.4 Å². The highest BCUT2D eigenvalue weighted by Gasteiger charge is 2.41. The van der Waals surface area contributed by atoms with Gasteiger partial charge in [-0.1, -0.05) is 30.3 Å². The molecule has 5 nitrogen and oxygen atoms in total. The summed E-state index contributed by atoms with van der Waals surface area (Å²) in [4.78, 5) is 28.0. The van der Waals surface area contributed by atoms with Gasteiger partial charge in [0.2, 0.25) is 11.8 Å². The molecule has 27 heavy (non-hydrogen) atoms. The normalized spacial score (nSPS) is 13.7. The van der Waals surface area contributed by atoms with Crippen molar-refractivity contribution >= 4 is 23.2 Å². The van der Waals surface area contributed by atoms with Crippen molar-refractivity contribution in [1.82, 2.24) is 0 Å². The van der Waals surface area contributed by atoms with Crippen molar-refractivity contribution in [3.8, 4) is 5.75 Å². The molecule has 1 aliphatic rings. The molecule has 0 atom stereocenters. The molecular formula is C22H26N2O3. The number of benzene rings is 2. The fourth-order valence-electron chi connectivity index (χ4n) is 3.31. The molecule has 2 aromatic rings. The Bertz CT molecular complexity index is 845. The molecule has 0 fully saturated rings. The van der Waals surface area contributed by atoms with E-state index in [-0.39, 0.29) is 11.8 Å². The summed E-state index contributed by atoms with van der Waals surface area (Å²) in [6.45, 7) is 6.36. The highest BCUT2D eigenvalue weighted by molar-refractivity contribution is 6.15. The Labute approximate surface area is 160 Å². The van der Waals surface area contributed by atoms with Crippen LogP contribution in [0.5, 0.6) is 5.75 Å². The van der Waals surface area contributed by atoms with Crippen molar-refractivity contribution in [3.05, 3.63) is 54.1 Å². The fourth-order valence-corrected chi connectivity index (χ4v) is 3.31. The molecule has 0 saturated heterocycles. The van der Waals surface area contributed by atoms with Crippen molar-refractivity contribution in [1.29, 1.82) is 0 Å². The topological polar surface area (TPSA) is 58.6 Å². The Morgan fingerprint density at radius 3 is 2.59 bits per heavy atom. The number of hydrogen-bond acceptors (Lipinski definition) is 3. The lowest BCUT2D eigenvalue weighted by Crippen LogP contribution is -2.49. The fraction of sp³-hybridized carbons (Fsp3) is 0.364. The van der Waals surface area contributed by atoms with Crippen LogP contribution in [-0.4, -0.2) is 25.0 Å². The maximum atomic E-state index is 13.3. The minimum Gasteiger partial charge on any atom is -0.492 e. The maximum absolute atomic E-state index is 13.3. The minimum absolute atomic E-state index is 0.193. The Kier molecular flexibility index (Phi) is 5.49. The van der Waals surface area contributed by atoms with Gasteiger partial charge in [-0.05, 0) is 57.4 Å². The highest BCUT2D eigenvalue weighted by atomic mass is 16.5. The van der Waals surface area contributed by atoms with E-state index in [0.717, 1.165) is 24.1 Å². The summed E-state index contributed by atoms with van der Waals surface area (Å²) in [6.07, 6.45) is 1.85. The van der Waals surface area contributed by atoms with E-state index in [9.17, 15) is 9.59 Å². The number of nitrogens with one attached hydrogen (secondary N) is 1. The molecule has 0 aromatic heterocycles. The zero-order valence-corrected chi connectivity index (χ0v) is 16.1. The number of para-hydroxylation sites is 3. The van der Waals surface area contributed by atoms with Crippen LogP contribution in [0, 0.1) is 5.41 Å². The van der Waals surface area contributed by atoms with Crippen LogP contribution in [0.15, 0.2) is 48.5 Å². The number of aryl methyl sites for hydroxylation is 1. The van der Waals surface area contributed by atoms with Gasteiger partial charge in [0.25, 0.3) is 0 Å². The molecule has 142 valence electrons. The quantitative estimate of drug-likeness (QED) is 0.813. The van der Waals surface area contributed by atoms with Gasteiger partial charge in [0.05, 0.1) is 12.3 Å². The summed E-state index contributed by atoms with van der Waals surface area (Å²) in [5.74, 6) is 0.0589. The molecule has 3 rings (SSSR count). The summed E-state index contributed by atoms with van der Waals surface area (Å²) in [6, 6.07) is 15.2. The third-order valence-corrected chi connectivity index (χ3v) is 4.89. The van der Waals surface area contributed by atoms with Gasteiger partial charge in [-0.3, -0.25) is 9.59 Å². The Morgan fingerprint density at radius 2 is 1.81 bits per heavy atom. The third kappa shape index (κ3) is 3.82. The SMILES string of the molecule is CCOc1ccccc1NC(=O)C(C)(C)C(=O)N1CCCc2ccccc21. The van der Waals surface area contributed by atoms with Gasteiger partial charge in [-0.2, -0.15) is 0 Å². The second kappa shape index (κ2) is 7.82. The van der Waals surface area contributed by atoms with Crippen LogP contribution in [0.2, 0.25) is 0 Å². The number of amides is 2. The molecule has 1 aliphatic heterocycles. The van der Waals surface area contributed by atoms with Crippen molar-refractivity contribution in [3.63, 3.8) is 0 Å². The van der Waals surface area contributed by atoms with Crippen LogP contribution in [0.4, 0.5) is 11.4 Å². The monoisotopic (exact) mass is 366 g/mol. The first kappa shape index (κ1) is 19.0. The van der Waals surface area contributed by atoms with Gasteiger partial charge < -0.3 is 15.0 Å².